The molecule has 0 aromatic carbocycles. The molecule has 134 valence electrons. The molecular formula is C18H23N3O2S2. The fraction of sp³-hybridized carbons (Fsp3) is 0.500. The van der Waals surface area contributed by atoms with E-state index in [-0.39, 0.29) is 11.8 Å². The number of aromatic nitrogens is 1. The van der Waals surface area contributed by atoms with Gasteiger partial charge in [-0.3, -0.25) is 9.52 Å². The van der Waals surface area contributed by atoms with Crippen molar-refractivity contribution in [3.63, 3.8) is 0 Å². The summed E-state index contributed by atoms with van der Waals surface area (Å²) < 4.78 is 8.18. The van der Waals surface area contributed by atoms with Gasteiger partial charge in [-0.1, -0.05) is 31.2 Å². The van der Waals surface area contributed by atoms with E-state index in [1.165, 1.54) is 23.3 Å². The largest absolute Gasteiger partial charge is 0.468 e. The highest BCUT2D eigenvalue weighted by Gasteiger charge is 2.14. The lowest BCUT2D eigenvalue weighted by Crippen LogP contribution is -2.16. The average molecular weight is 378 g/mol. The lowest BCUT2D eigenvalue weighted by Gasteiger charge is -2.06. The summed E-state index contributed by atoms with van der Waals surface area (Å²) in [5, 5.41) is 10.1. The number of unbranched alkanes of at least 4 members (excludes halogenated alkanes) is 3. The van der Waals surface area contributed by atoms with Gasteiger partial charge in [0.05, 0.1) is 23.0 Å². The van der Waals surface area contributed by atoms with Gasteiger partial charge in [-0.25, -0.2) is 4.98 Å². The number of furan rings is 1. The maximum Gasteiger partial charge on any atom is 0.273 e. The highest BCUT2D eigenvalue weighted by atomic mass is 32.2. The van der Waals surface area contributed by atoms with E-state index in [4.69, 9.17) is 4.42 Å². The molecule has 0 saturated heterocycles. The minimum atomic E-state index is -0.144. The van der Waals surface area contributed by atoms with Crippen molar-refractivity contribution in [2.75, 3.05) is 5.75 Å². The quantitative estimate of drug-likeness (QED) is 0.466. The summed E-state index contributed by atoms with van der Waals surface area (Å²) in [5.74, 6) is 1.45. The van der Waals surface area contributed by atoms with Crippen molar-refractivity contribution < 1.29 is 9.21 Å². The van der Waals surface area contributed by atoms with Crippen LogP contribution >= 0.6 is 23.3 Å². The van der Waals surface area contributed by atoms with Crippen LogP contribution in [0.5, 0.6) is 0 Å². The molecule has 0 aliphatic heterocycles. The number of rotatable bonds is 10. The van der Waals surface area contributed by atoms with Crippen molar-refractivity contribution in [3.05, 3.63) is 39.7 Å². The Kier molecular flexibility index (Phi) is 8.02. The normalized spacial score (nSPS) is 11.9. The monoisotopic (exact) mass is 377 g/mol. The van der Waals surface area contributed by atoms with Crippen LogP contribution < -0.4 is 4.72 Å². The number of nitrogens with zero attached hydrogens (tertiary/aromatic N) is 2. The Morgan fingerprint density at radius 2 is 2.20 bits per heavy atom. The first-order valence-corrected chi connectivity index (χ1v) is 10.2. The van der Waals surface area contributed by atoms with Crippen LogP contribution in [0.2, 0.25) is 0 Å². The predicted molar refractivity (Wildman–Crippen MR) is 102 cm³/mol. The molecule has 0 fully saturated rings. The van der Waals surface area contributed by atoms with Crippen LogP contribution in [0.4, 0.5) is 0 Å². The molecular weight excluding hydrogens is 354 g/mol. The van der Waals surface area contributed by atoms with Gasteiger partial charge in [0.25, 0.3) is 5.91 Å². The van der Waals surface area contributed by atoms with Crippen LogP contribution in [0.1, 0.15) is 64.2 Å². The van der Waals surface area contributed by atoms with Crippen molar-refractivity contribution >= 4 is 29.2 Å². The number of nitriles is 1. The number of aryl methyl sites for hydroxylation is 2. The SMILES string of the molecule is Cc1nc(C)c(C(=O)NSCCCCCCC(C#N)c2ccco2)s1. The minimum absolute atomic E-state index is 0.0524. The number of nitrogens with one attached hydrogen (secondary N) is 1. The summed E-state index contributed by atoms with van der Waals surface area (Å²) in [4.78, 5) is 17.0. The Labute approximate surface area is 157 Å². The Bertz CT molecular complexity index is 704. The molecule has 0 aliphatic carbocycles. The van der Waals surface area contributed by atoms with Crippen molar-refractivity contribution in [2.45, 2.75) is 51.9 Å². The van der Waals surface area contributed by atoms with Crippen LogP contribution in [0.15, 0.2) is 22.8 Å². The highest BCUT2D eigenvalue weighted by Crippen LogP contribution is 2.22. The predicted octanol–water partition coefficient (Wildman–Crippen LogP) is 4.99. The Hall–Kier alpha value is -1.78. The Morgan fingerprint density at radius 3 is 2.84 bits per heavy atom. The topological polar surface area (TPSA) is 78.9 Å². The molecule has 0 aliphatic rings. The van der Waals surface area contributed by atoms with Gasteiger partial charge in [0, 0.05) is 5.75 Å². The molecule has 0 radical (unpaired) electrons. The Balaban J connectivity index is 1.53. The van der Waals surface area contributed by atoms with E-state index in [0.29, 0.717) is 4.88 Å². The maximum atomic E-state index is 12.0. The second-order valence-corrected chi connectivity index (χ2v) is 7.93. The van der Waals surface area contributed by atoms with Gasteiger partial charge in [-0.2, -0.15) is 5.26 Å². The molecule has 2 rings (SSSR count). The zero-order valence-corrected chi connectivity index (χ0v) is 16.2. The smallest absolute Gasteiger partial charge is 0.273 e. The number of hydrogen-bond acceptors (Lipinski definition) is 6. The van der Waals surface area contributed by atoms with E-state index in [2.05, 4.69) is 15.8 Å². The first kappa shape index (κ1) is 19.5. The van der Waals surface area contributed by atoms with Crippen molar-refractivity contribution in [3.8, 4) is 6.07 Å². The number of carbonyl (C=O) groups is 1. The standard InChI is InChI=1S/C18H23N3O2S2/c1-13-17(25-14(2)20-13)18(22)21-24-11-6-4-3-5-8-15(12-19)16-9-7-10-23-16/h7,9-10,15H,3-6,8,11H2,1-2H3,(H,21,22). The summed E-state index contributed by atoms with van der Waals surface area (Å²) >= 11 is 2.88. The summed E-state index contributed by atoms with van der Waals surface area (Å²) in [6.45, 7) is 3.77. The summed E-state index contributed by atoms with van der Waals surface area (Å²) in [5.41, 5.74) is 0.796. The molecule has 2 heterocycles. The summed E-state index contributed by atoms with van der Waals surface area (Å²) in [6.07, 6.45) is 6.68. The van der Waals surface area contributed by atoms with E-state index in [1.807, 2.05) is 26.0 Å². The van der Waals surface area contributed by atoms with Gasteiger partial charge in [0.1, 0.15) is 16.6 Å². The van der Waals surface area contributed by atoms with Gasteiger partial charge < -0.3 is 4.42 Å². The summed E-state index contributed by atoms with van der Waals surface area (Å²) in [7, 11) is 0. The first-order chi connectivity index (χ1) is 12.1. The van der Waals surface area contributed by atoms with E-state index < -0.39 is 0 Å². The van der Waals surface area contributed by atoms with Gasteiger partial charge >= 0.3 is 0 Å². The van der Waals surface area contributed by atoms with E-state index in [1.54, 1.807) is 6.26 Å². The van der Waals surface area contributed by atoms with Crippen molar-refractivity contribution in [2.24, 2.45) is 0 Å². The van der Waals surface area contributed by atoms with E-state index in [0.717, 1.165) is 54.3 Å². The second-order valence-electron chi connectivity index (χ2n) is 5.83. The Morgan fingerprint density at radius 1 is 1.40 bits per heavy atom. The molecule has 1 N–H and O–H groups in total. The van der Waals surface area contributed by atoms with Gasteiger partial charge in [-0.15, -0.1) is 11.3 Å². The number of amides is 1. The second kappa shape index (κ2) is 10.3. The van der Waals surface area contributed by atoms with Gasteiger partial charge in [0.15, 0.2) is 0 Å². The van der Waals surface area contributed by atoms with Crippen LogP contribution in [0, 0.1) is 25.2 Å². The number of hydrogen-bond donors (Lipinski definition) is 1. The lowest BCUT2D eigenvalue weighted by molar-refractivity contribution is 0.0987. The molecule has 0 bridgehead atoms. The molecule has 25 heavy (non-hydrogen) atoms. The first-order valence-electron chi connectivity index (χ1n) is 8.41. The van der Waals surface area contributed by atoms with Crippen LogP contribution in [0.25, 0.3) is 0 Å². The molecule has 2 aromatic rings. The zero-order valence-electron chi connectivity index (χ0n) is 14.6. The van der Waals surface area contributed by atoms with Gasteiger partial charge in [0.2, 0.25) is 0 Å². The molecule has 0 spiro atoms. The molecule has 5 nitrogen and oxygen atoms in total. The fourth-order valence-electron chi connectivity index (χ4n) is 2.54. The van der Waals surface area contributed by atoms with E-state index >= 15 is 0 Å². The van der Waals surface area contributed by atoms with Crippen LogP contribution in [0.3, 0.4) is 0 Å². The van der Waals surface area contributed by atoms with E-state index in [9.17, 15) is 10.1 Å². The van der Waals surface area contributed by atoms with Crippen LogP contribution in [-0.2, 0) is 0 Å². The molecule has 0 saturated carbocycles. The van der Waals surface area contributed by atoms with Gasteiger partial charge in [-0.05, 0) is 38.8 Å². The van der Waals surface area contributed by atoms with Crippen molar-refractivity contribution in [1.29, 1.82) is 5.26 Å². The zero-order chi connectivity index (χ0) is 18.1. The third-order valence-electron chi connectivity index (χ3n) is 3.81. The third-order valence-corrected chi connectivity index (χ3v) is 5.70. The molecule has 1 unspecified atom stereocenters. The molecule has 7 heteroatoms. The molecule has 1 amide bonds. The number of thiazole rings is 1. The maximum absolute atomic E-state index is 12.0. The van der Waals surface area contributed by atoms with Crippen LogP contribution in [-0.4, -0.2) is 16.6 Å². The lowest BCUT2D eigenvalue weighted by atomic mass is 10.00. The average Bonchev–Trinajstić information content (AvgIpc) is 3.23. The molecule has 1 atom stereocenters. The number of carbonyl (C=O) groups excluding carboxylic acids is 1. The molecule has 2 aromatic heterocycles. The minimum Gasteiger partial charge on any atom is -0.468 e. The van der Waals surface area contributed by atoms with Crippen molar-refractivity contribution in [1.82, 2.24) is 9.71 Å². The fourth-order valence-corrected chi connectivity index (χ4v) is 4.10. The summed E-state index contributed by atoms with van der Waals surface area (Å²) in [6, 6.07) is 5.98. The third kappa shape index (κ3) is 6.22. The highest BCUT2D eigenvalue weighted by molar-refractivity contribution is 7.97.